The average Bonchev–Trinajstić information content (AvgIpc) is 3.06. The van der Waals surface area contributed by atoms with E-state index in [1.165, 1.54) is 6.92 Å². The van der Waals surface area contributed by atoms with Crippen LogP contribution >= 0.6 is 0 Å². The first-order valence-corrected chi connectivity index (χ1v) is 12.7. The minimum absolute atomic E-state index is 0.0734. The van der Waals surface area contributed by atoms with Gasteiger partial charge in [-0.25, -0.2) is 0 Å². The molecule has 0 unspecified atom stereocenters. The van der Waals surface area contributed by atoms with Crippen molar-refractivity contribution in [2.24, 2.45) is 22.9 Å². The lowest BCUT2D eigenvalue weighted by molar-refractivity contribution is -0.315. The first-order valence-electron chi connectivity index (χ1n) is 11.3. The van der Waals surface area contributed by atoms with E-state index >= 15 is 0 Å². The number of aliphatic hydroxyl groups is 6. The molecule has 37 heavy (non-hydrogen) atoms. The second-order valence-electron chi connectivity index (χ2n) is 9.23. The maximum absolute atomic E-state index is 10.7. The Balaban J connectivity index is 0.000000877. The van der Waals surface area contributed by atoms with E-state index in [9.17, 15) is 30.6 Å². The highest BCUT2D eigenvalue weighted by molar-refractivity contribution is 7.79. The summed E-state index contributed by atoms with van der Waals surface area (Å²) in [6, 6.07) is -2.78. The molecule has 0 aromatic carbocycles. The fraction of sp³-hybridized carbons (Fsp3) is 1.00. The van der Waals surface area contributed by atoms with Crippen LogP contribution < -0.4 is 22.9 Å². The van der Waals surface area contributed by atoms with Gasteiger partial charge in [-0.2, -0.15) is 8.42 Å². The summed E-state index contributed by atoms with van der Waals surface area (Å²) in [5.41, 5.74) is 23.7. The molecule has 0 aromatic rings. The predicted octanol–water partition coefficient (Wildman–Crippen LogP) is -6.92. The molecule has 0 bridgehead atoms. The van der Waals surface area contributed by atoms with Crippen molar-refractivity contribution in [1.82, 2.24) is 0 Å². The zero-order valence-corrected chi connectivity index (χ0v) is 20.6. The molecule has 0 spiro atoms. The average molecular weight is 567 g/mol. The van der Waals surface area contributed by atoms with Crippen molar-refractivity contribution < 1.29 is 67.1 Å². The summed E-state index contributed by atoms with van der Waals surface area (Å²) in [5, 5.41) is 61.2. The molecule has 19 heteroatoms. The van der Waals surface area contributed by atoms with E-state index in [1.54, 1.807) is 0 Å². The van der Waals surface area contributed by atoms with E-state index in [2.05, 4.69) is 0 Å². The Morgan fingerprint density at radius 2 is 1.38 bits per heavy atom. The van der Waals surface area contributed by atoms with Crippen molar-refractivity contribution in [2.45, 2.75) is 105 Å². The molecule has 0 aromatic heterocycles. The second-order valence-corrected chi connectivity index (χ2v) is 10.1. The summed E-state index contributed by atoms with van der Waals surface area (Å²) in [6.45, 7) is 1.30. The third kappa shape index (κ3) is 8.16. The van der Waals surface area contributed by atoms with Crippen molar-refractivity contribution >= 4 is 10.4 Å². The molecule has 0 amide bonds. The smallest absolute Gasteiger partial charge is 0.391 e. The molecule has 18 nitrogen and oxygen atoms in total. The van der Waals surface area contributed by atoms with Crippen molar-refractivity contribution in [3.63, 3.8) is 0 Å². The van der Waals surface area contributed by atoms with Crippen LogP contribution in [0.5, 0.6) is 0 Å². The molecule has 15 atom stereocenters. The maximum atomic E-state index is 10.7. The topological polar surface area (TPSA) is 337 Å². The summed E-state index contributed by atoms with van der Waals surface area (Å²) >= 11 is 0. The van der Waals surface area contributed by atoms with Crippen molar-refractivity contribution in [3.8, 4) is 0 Å². The highest BCUT2D eigenvalue weighted by Gasteiger charge is 2.52. The van der Waals surface area contributed by atoms with Crippen LogP contribution in [0.3, 0.4) is 0 Å². The van der Waals surface area contributed by atoms with Crippen LogP contribution in [0.1, 0.15) is 13.3 Å². The molecule has 0 radical (unpaired) electrons. The number of rotatable bonds is 6. The molecule has 3 aliphatic rings. The van der Waals surface area contributed by atoms with E-state index in [-0.39, 0.29) is 13.0 Å². The van der Waals surface area contributed by atoms with E-state index in [0.29, 0.717) is 0 Å². The van der Waals surface area contributed by atoms with Crippen LogP contribution in [0.2, 0.25) is 0 Å². The fourth-order valence-corrected chi connectivity index (χ4v) is 4.37. The zero-order chi connectivity index (χ0) is 28.4. The molecule has 3 rings (SSSR count). The van der Waals surface area contributed by atoms with Crippen LogP contribution in [0.15, 0.2) is 0 Å². The van der Waals surface area contributed by atoms with Gasteiger partial charge in [-0.15, -0.1) is 0 Å². The van der Waals surface area contributed by atoms with E-state index in [1.807, 2.05) is 0 Å². The van der Waals surface area contributed by atoms with Gasteiger partial charge < -0.3 is 72.5 Å². The fourth-order valence-electron chi connectivity index (χ4n) is 4.37. The Kier molecular flexibility index (Phi) is 11.5. The summed E-state index contributed by atoms with van der Waals surface area (Å²) in [7, 11) is -4.67. The van der Waals surface area contributed by atoms with Gasteiger partial charge in [-0.1, -0.05) is 0 Å². The number of hydrogen-bond donors (Lipinski definition) is 12. The molecule has 16 N–H and O–H groups in total. The van der Waals surface area contributed by atoms with Crippen LogP contribution in [-0.2, 0) is 29.3 Å². The van der Waals surface area contributed by atoms with Gasteiger partial charge >= 0.3 is 10.4 Å². The molecule has 2 heterocycles. The summed E-state index contributed by atoms with van der Waals surface area (Å²) in [5.74, 6) is 0. The van der Waals surface area contributed by atoms with E-state index in [4.69, 9.17) is 59.4 Å². The summed E-state index contributed by atoms with van der Waals surface area (Å²) in [6.07, 6.45) is -15.1. The lowest BCUT2D eigenvalue weighted by Crippen LogP contribution is -2.68. The predicted molar refractivity (Wildman–Crippen MR) is 121 cm³/mol. The SMILES string of the molecule is C[C@@H](O)[C@H]1O[C@H](O[C@@H]2[C@@H](O[C@@H]3O[C@H](CN)[C@@H](O)[C@H]3O)[C@H](O)[C@@H](N)C[C@H]2N)[C@H](N)[C@@H](O)[C@@H]1O.O=S(=O)(O)O. The van der Waals surface area contributed by atoms with Gasteiger partial charge in [0.1, 0.15) is 48.8 Å². The van der Waals surface area contributed by atoms with Crippen molar-refractivity contribution in [3.05, 3.63) is 0 Å². The zero-order valence-electron chi connectivity index (χ0n) is 19.8. The van der Waals surface area contributed by atoms with Crippen LogP contribution in [0.25, 0.3) is 0 Å². The number of aliphatic hydroxyl groups excluding tert-OH is 6. The molecule has 1 saturated carbocycles. The largest absolute Gasteiger partial charge is 0.394 e. The first-order chi connectivity index (χ1) is 17.0. The molecule has 220 valence electrons. The van der Waals surface area contributed by atoms with Crippen LogP contribution in [-0.4, -0.2) is 146 Å². The molecule has 3 fully saturated rings. The molecule has 2 saturated heterocycles. The Labute approximate surface area is 212 Å². The highest BCUT2D eigenvalue weighted by Crippen LogP contribution is 2.32. The van der Waals surface area contributed by atoms with Gasteiger partial charge in [0.05, 0.1) is 18.2 Å². The number of hydrogen-bond acceptors (Lipinski definition) is 16. The van der Waals surface area contributed by atoms with Gasteiger partial charge in [0.2, 0.25) is 0 Å². The van der Waals surface area contributed by atoms with Gasteiger partial charge in [-0.05, 0) is 13.3 Å². The Hall–Kier alpha value is -0.690. The number of ether oxygens (including phenoxy) is 4. The Morgan fingerprint density at radius 1 is 0.838 bits per heavy atom. The van der Waals surface area contributed by atoms with E-state index < -0.39 is 102 Å². The minimum Gasteiger partial charge on any atom is -0.391 e. The lowest BCUT2D eigenvalue weighted by Gasteiger charge is -2.47. The summed E-state index contributed by atoms with van der Waals surface area (Å²) in [4.78, 5) is 0. The normalized spacial score (nSPS) is 47.7. The quantitative estimate of drug-likeness (QED) is 0.133. The molecule has 1 aliphatic carbocycles. The van der Waals surface area contributed by atoms with Gasteiger partial charge in [0.15, 0.2) is 12.6 Å². The van der Waals surface area contributed by atoms with Crippen LogP contribution in [0, 0.1) is 0 Å². The third-order valence-electron chi connectivity index (χ3n) is 6.36. The lowest BCUT2D eigenvalue weighted by atomic mass is 9.84. The molecular weight excluding hydrogens is 528 g/mol. The van der Waals surface area contributed by atoms with Gasteiger partial charge in [-0.3, -0.25) is 9.11 Å². The second kappa shape index (κ2) is 13.1. The first kappa shape index (κ1) is 32.5. The third-order valence-corrected chi connectivity index (χ3v) is 6.36. The maximum Gasteiger partial charge on any atom is 0.394 e. The van der Waals surface area contributed by atoms with Crippen LogP contribution in [0.4, 0.5) is 0 Å². The highest BCUT2D eigenvalue weighted by atomic mass is 32.3. The van der Waals surface area contributed by atoms with Crippen molar-refractivity contribution in [1.29, 1.82) is 0 Å². The van der Waals surface area contributed by atoms with E-state index in [0.717, 1.165) is 0 Å². The van der Waals surface area contributed by atoms with Gasteiger partial charge in [0.25, 0.3) is 0 Å². The minimum atomic E-state index is -4.67. The van der Waals surface area contributed by atoms with Gasteiger partial charge in [0, 0.05) is 18.6 Å². The molecular formula is C18H38N4O14S. The summed E-state index contributed by atoms with van der Waals surface area (Å²) < 4.78 is 54.2. The number of nitrogens with two attached hydrogens (primary N) is 4. The Bertz CT molecular complexity index is 818. The standard InChI is InChI=1S/C18H36N4O10.H2O4S/c1-4(23)14-12(27)11(26)8(22)17(30-14)31-15-6(21)2-5(20)9(24)16(15)32-18-13(28)10(25)7(3-19)29-18;1-5(2,3)4/h4-18,23-28H,2-3,19-22H2,1H3;(H2,1,2,3,4)/t4-,5+,6-,7-,8-,9-,10-,11-,12+,13-,14-,15+,16+,17-,18+;/m1./s1. The monoisotopic (exact) mass is 566 g/mol. The Morgan fingerprint density at radius 3 is 1.86 bits per heavy atom. The van der Waals surface area contributed by atoms with Crippen molar-refractivity contribution in [2.75, 3.05) is 6.54 Å². The molecule has 2 aliphatic heterocycles.